The normalized spacial score (nSPS) is 10.5. The topological polar surface area (TPSA) is 41.8 Å². The second-order valence-corrected chi connectivity index (χ2v) is 1.54. The molecule has 2 heterocycles. The minimum absolute atomic E-state index is 0.741. The molecule has 0 fully saturated rings. The molecule has 2 aromatic rings. The van der Waals surface area contributed by atoms with Crippen LogP contribution in [-0.2, 0) is 0 Å². The summed E-state index contributed by atoms with van der Waals surface area (Å²) in [5.74, 6) is 0. The zero-order chi connectivity index (χ0) is 5.40. The number of rotatable bonds is 0. The molecule has 8 heavy (non-hydrogen) atoms. The number of nitrogens with zero attached hydrogens (tertiary/aromatic N) is 1. The molecule has 0 saturated carbocycles. The molecule has 2 rings (SSSR count). The number of hydrogen-bond acceptors (Lipinski definition) is 2. The molecular weight excluding hydrogens is 104 g/mol. The Balaban J connectivity index is 3.06. The maximum atomic E-state index is 4.89. The van der Waals surface area contributed by atoms with Crippen molar-refractivity contribution in [3.63, 3.8) is 0 Å². The average Bonchev–Trinajstić information content (AvgIpc) is 2.15. The van der Waals surface area contributed by atoms with Crippen molar-refractivity contribution in [3.8, 4) is 0 Å². The van der Waals surface area contributed by atoms with E-state index in [0.29, 0.717) is 0 Å². The number of nitrogens with one attached hydrogen (secondary N) is 1. The maximum absolute atomic E-state index is 4.89. The maximum Gasteiger partial charge on any atom is 0.224 e. The summed E-state index contributed by atoms with van der Waals surface area (Å²) >= 11 is 0. The fourth-order valence-corrected chi connectivity index (χ4v) is 0.678. The van der Waals surface area contributed by atoms with Crippen LogP contribution in [-0.4, -0.2) is 9.97 Å². The van der Waals surface area contributed by atoms with E-state index in [9.17, 15) is 0 Å². The van der Waals surface area contributed by atoms with E-state index >= 15 is 0 Å². The van der Waals surface area contributed by atoms with Crippen LogP contribution in [0.5, 0.6) is 0 Å². The third kappa shape index (κ3) is 0.307. The minimum atomic E-state index is 0.741. The van der Waals surface area contributed by atoms with E-state index in [1.165, 1.54) is 6.39 Å². The second-order valence-electron chi connectivity index (χ2n) is 1.54. The predicted molar refractivity (Wildman–Crippen MR) is 28.4 cm³/mol. The lowest BCUT2D eigenvalue weighted by molar-refractivity contribution is 0.591. The van der Waals surface area contributed by atoms with Gasteiger partial charge in [0.1, 0.15) is 5.52 Å². The van der Waals surface area contributed by atoms with E-state index in [1.54, 1.807) is 6.20 Å². The van der Waals surface area contributed by atoms with Crippen molar-refractivity contribution < 1.29 is 4.42 Å². The van der Waals surface area contributed by atoms with Crippen molar-refractivity contribution in [1.82, 2.24) is 9.97 Å². The Bertz CT molecular complexity index is 232. The molecule has 3 heteroatoms. The second kappa shape index (κ2) is 1.12. The quantitative estimate of drug-likeness (QED) is 0.550. The Labute approximate surface area is 45.3 Å². The SMILES string of the molecule is c1cc2ncoc2[nH]1. The largest absolute Gasteiger partial charge is 0.427 e. The van der Waals surface area contributed by atoms with Gasteiger partial charge in [-0.2, -0.15) is 0 Å². The van der Waals surface area contributed by atoms with Gasteiger partial charge in [0.05, 0.1) is 0 Å². The fraction of sp³-hybridized carbons (Fsp3) is 0. The summed E-state index contributed by atoms with van der Waals surface area (Å²) in [6.07, 6.45) is 3.21. The van der Waals surface area contributed by atoms with E-state index in [-0.39, 0.29) is 0 Å². The molecule has 0 amide bonds. The Morgan fingerprint density at radius 2 is 2.62 bits per heavy atom. The van der Waals surface area contributed by atoms with Gasteiger partial charge in [-0.3, -0.25) is 0 Å². The molecule has 2 aromatic heterocycles. The summed E-state index contributed by atoms with van der Waals surface area (Å²) in [6, 6.07) is 1.86. The summed E-state index contributed by atoms with van der Waals surface area (Å²) in [7, 11) is 0. The molecule has 0 atom stereocenters. The molecule has 0 aliphatic heterocycles. The van der Waals surface area contributed by atoms with Gasteiger partial charge in [-0.1, -0.05) is 0 Å². The highest BCUT2D eigenvalue weighted by Crippen LogP contribution is 2.06. The predicted octanol–water partition coefficient (Wildman–Crippen LogP) is 1.16. The first-order valence-corrected chi connectivity index (χ1v) is 2.33. The molecule has 0 saturated heterocycles. The number of H-pyrrole nitrogens is 1. The van der Waals surface area contributed by atoms with E-state index in [1.807, 2.05) is 6.07 Å². The highest BCUT2D eigenvalue weighted by molar-refractivity contribution is 5.67. The van der Waals surface area contributed by atoms with Crippen LogP contribution in [0.2, 0.25) is 0 Å². The van der Waals surface area contributed by atoms with Crippen molar-refractivity contribution in [2.45, 2.75) is 0 Å². The molecule has 0 aliphatic carbocycles. The lowest BCUT2D eigenvalue weighted by Gasteiger charge is -1.65. The average molecular weight is 108 g/mol. The third-order valence-electron chi connectivity index (χ3n) is 1.05. The van der Waals surface area contributed by atoms with Crippen LogP contribution in [0, 0.1) is 0 Å². The third-order valence-corrected chi connectivity index (χ3v) is 1.05. The molecule has 0 spiro atoms. The van der Waals surface area contributed by atoms with E-state index in [4.69, 9.17) is 4.42 Å². The molecule has 0 aromatic carbocycles. The van der Waals surface area contributed by atoms with Crippen molar-refractivity contribution in [2.24, 2.45) is 0 Å². The highest BCUT2D eigenvalue weighted by atomic mass is 16.3. The lowest BCUT2D eigenvalue weighted by atomic mass is 10.6. The number of aromatic nitrogens is 2. The molecule has 3 nitrogen and oxygen atoms in total. The summed E-state index contributed by atoms with van der Waals surface area (Å²) in [6.45, 7) is 0. The van der Waals surface area contributed by atoms with E-state index < -0.39 is 0 Å². The van der Waals surface area contributed by atoms with Crippen molar-refractivity contribution in [1.29, 1.82) is 0 Å². The summed E-state index contributed by atoms with van der Waals surface area (Å²) in [4.78, 5) is 6.75. The standard InChI is InChI=1S/C5H4N2O/c1-2-6-5-4(1)7-3-8-5/h1-3,6H. The van der Waals surface area contributed by atoms with E-state index in [0.717, 1.165) is 11.2 Å². The Hall–Kier alpha value is -1.25. The van der Waals surface area contributed by atoms with Gasteiger partial charge in [0, 0.05) is 6.20 Å². The van der Waals surface area contributed by atoms with Crippen molar-refractivity contribution in [2.75, 3.05) is 0 Å². The molecule has 40 valence electrons. The summed E-state index contributed by atoms with van der Waals surface area (Å²) < 4.78 is 4.89. The van der Waals surface area contributed by atoms with Crippen molar-refractivity contribution in [3.05, 3.63) is 18.7 Å². The van der Waals surface area contributed by atoms with Gasteiger partial charge >= 0.3 is 0 Å². The number of fused-ring (bicyclic) bond motifs is 1. The van der Waals surface area contributed by atoms with Gasteiger partial charge in [0.25, 0.3) is 0 Å². The van der Waals surface area contributed by atoms with Crippen LogP contribution in [0.15, 0.2) is 23.1 Å². The lowest BCUT2D eigenvalue weighted by Crippen LogP contribution is -1.51. The van der Waals surface area contributed by atoms with Crippen LogP contribution >= 0.6 is 0 Å². The number of hydrogen-bond donors (Lipinski definition) is 1. The Kier molecular flexibility index (Phi) is 0.521. The smallest absolute Gasteiger partial charge is 0.224 e. The van der Waals surface area contributed by atoms with Gasteiger partial charge < -0.3 is 9.40 Å². The van der Waals surface area contributed by atoms with Crippen LogP contribution in [0.4, 0.5) is 0 Å². The fourth-order valence-electron chi connectivity index (χ4n) is 0.678. The minimum Gasteiger partial charge on any atom is -0.427 e. The summed E-state index contributed by atoms with van der Waals surface area (Å²) in [5.41, 5.74) is 1.62. The molecule has 0 radical (unpaired) electrons. The molecule has 0 unspecified atom stereocenters. The Morgan fingerprint density at radius 1 is 1.62 bits per heavy atom. The van der Waals surface area contributed by atoms with Crippen LogP contribution in [0.1, 0.15) is 0 Å². The first-order valence-electron chi connectivity index (χ1n) is 2.33. The van der Waals surface area contributed by atoms with Gasteiger partial charge in [0.2, 0.25) is 5.71 Å². The first-order chi connectivity index (χ1) is 3.97. The number of oxazole rings is 1. The molecular formula is C5H4N2O. The molecule has 1 N–H and O–H groups in total. The molecule has 0 aliphatic rings. The van der Waals surface area contributed by atoms with Gasteiger partial charge in [-0.25, -0.2) is 4.98 Å². The van der Waals surface area contributed by atoms with Gasteiger partial charge in [-0.15, -0.1) is 0 Å². The van der Waals surface area contributed by atoms with Crippen LogP contribution < -0.4 is 0 Å². The van der Waals surface area contributed by atoms with Crippen LogP contribution in [0.3, 0.4) is 0 Å². The van der Waals surface area contributed by atoms with Crippen LogP contribution in [0.25, 0.3) is 11.2 Å². The first kappa shape index (κ1) is 3.72. The van der Waals surface area contributed by atoms with Gasteiger partial charge in [-0.05, 0) is 6.07 Å². The molecule has 0 bridgehead atoms. The Morgan fingerprint density at radius 3 is 3.50 bits per heavy atom. The zero-order valence-corrected chi connectivity index (χ0v) is 4.09. The monoisotopic (exact) mass is 108 g/mol. The zero-order valence-electron chi connectivity index (χ0n) is 4.09. The van der Waals surface area contributed by atoms with Gasteiger partial charge in [0.15, 0.2) is 6.39 Å². The number of aromatic amines is 1. The highest BCUT2D eigenvalue weighted by Gasteiger charge is 1.93. The van der Waals surface area contributed by atoms with E-state index in [2.05, 4.69) is 9.97 Å². The summed E-state index contributed by atoms with van der Waals surface area (Å²) in [5, 5.41) is 0. The van der Waals surface area contributed by atoms with Crippen molar-refractivity contribution >= 4 is 11.2 Å².